The van der Waals surface area contributed by atoms with E-state index >= 15 is 0 Å². The van der Waals surface area contributed by atoms with E-state index in [0.29, 0.717) is 0 Å². The summed E-state index contributed by atoms with van der Waals surface area (Å²) in [5.41, 5.74) is -0.953. The van der Waals surface area contributed by atoms with E-state index in [1.165, 1.54) is 29.2 Å². The molecule has 8 nitrogen and oxygen atoms in total. The van der Waals surface area contributed by atoms with Gasteiger partial charge in [0.15, 0.2) is 15.6 Å². The fraction of sp³-hybridized carbons (Fsp3) is 0.250. The summed E-state index contributed by atoms with van der Waals surface area (Å²) in [6, 6.07) is 4.20. The first kappa shape index (κ1) is 18.3. The molecule has 1 aromatic carbocycles. The van der Waals surface area contributed by atoms with Gasteiger partial charge in [-0.3, -0.25) is 4.79 Å². The number of aromatic nitrogens is 2. The molecule has 2 aromatic rings. The minimum absolute atomic E-state index is 0.0158. The number of carbonyl (C=O) groups is 1. The summed E-state index contributed by atoms with van der Waals surface area (Å²) in [7, 11) is -3.63. The van der Waals surface area contributed by atoms with E-state index < -0.39 is 27.0 Å². The molecular formula is C16H15ClN4O4S. The average Bonchev–Trinajstić information content (AvgIpc) is 3.13. The quantitative estimate of drug-likeness (QED) is 0.800. The molecule has 0 saturated carbocycles. The SMILES string of the molecule is CC1(C)N=NC(O)=C1C(=O)c1ccc(S(C)(=O)=O)c(-n2cccn2)c1Cl. The van der Waals surface area contributed by atoms with Crippen molar-refractivity contribution in [3.05, 3.63) is 52.6 Å². The summed E-state index contributed by atoms with van der Waals surface area (Å²) in [5.74, 6) is -1.07. The molecule has 1 aliphatic heterocycles. The molecule has 3 rings (SSSR count). The van der Waals surface area contributed by atoms with E-state index in [9.17, 15) is 18.3 Å². The summed E-state index contributed by atoms with van der Waals surface area (Å²) in [6.45, 7) is 3.25. The van der Waals surface area contributed by atoms with Crippen molar-refractivity contribution in [3.63, 3.8) is 0 Å². The second-order valence-corrected chi connectivity index (χ2v) is 8.65. The number of hydrogen-bond acceptors (Lipinski definition) is 7. The zero-order valence-corrected chi connectivity index (χ0v) is 15.7. The Labute approximate surface area is 154 Å². The van der Waals surface area contributed by atoms with Crippen LogP contribution in [-0.2, 0) is 9.84 Å². The molecule has 0 bridgehead atoms. The number of hydrogen-bond donors (Lipinski definition) is 1. The molecule has 1 aliphatic rings. The third-order valence-electron chi connectivity index (χ3n) is 3.91. The lowest BCUT2D eigenvalue weighted by Crippen LogP contribution is -2.25. The van der Waals surface area contributed by atoms with Crippen LogP contribution in [0.15, 0.2) is 57.2 Å². The number of ketones is 1. The maximum absolute atomic E-state index is 13.0. The van der Waals surface area contributed by atoms with Gasteiger partial charge in [-0.15, -0.1) is 5.11 Å². The Morgan fingerprint density at radius 2 is 2.00 bits per heavy atom. The van der Waals surface area contributed by atoms with Crippen LogP contribution in [0.2, 0.25) is 5.02 Å². The van der Waals surface area contributed by atoms with Gasteiger partial charge in [0, 0.05) is 24.2 Å². The van der Waals surface area contributed by atoms with Crippen molar-refractivity contribution in [3.8, 4) is 5.69 Å². The lowest BCUT2D eigenvalue weighted by atomic mass is 9.89. The number of aliphatic hydroxyl groups excluding tert-OH is 1. The first-order valence-electron chi connectivity index (χ1n) is 7.48. The Kier molecular flexibility index (Phi) is 4.24. The van der Waals surface area contributed by atoms with Gasteiger partial charge >= 0.3 is 0 Å². The van der Waals surface area contributed by atoms with Crippen LogP contribution >= 0.6 is 11.6 Å². The predicted octanol–water partition coefficient (Wildman–Crippen LogP) is 3.13. The Hall–Kier alpha value is -2.52. The number of nitrogens with zero attached hydrogens (tertiary/aromatic N) is 4. The van der Waals surface area contributed by atoms with Crippen LogP contribution in [0.5, 0.6) is 0 Å². The highest BCUT2D eigenvalue weighted by Gasteiger charge is 2.38. The second kappa shape index (κ2) is 6.03. The third kappa shape index (κ3) is 2.93. The van der Waals surface area contributed by atoms with Crippen LogP contribution in [0.4, 0.5) is 0 Å². The van der Waals surface area contributed by atoms with Crippen LogP contribution in [-0.4, -0.2) is 40.9 Å². The molecule has 0 unspecified atom stereocenters. The first-order valence-corrected chi connectivity index (χ1v) is 9.75. The van der Waals surface area contributed by atoms with E-state index in [0.717, 1.165) is 6.26 Å². The second-order valence-electron chi connectivity index (χ2n) is 6.28. The van der Waals surface area contributed by atoms with Crippen LogP contribution in [0.1, 0.15) is 24.2 Å². The largest absolute Gasteiger partial charge is 0.492 e. The highest BCUT2D eigenvalue weighted by molar-refractivity contribution is 7.90. The highest BCUT2D eigenvalue weighted by atomic mass is 35.5. The Balaban J connectivity index is 2.25. The number of benzene rings is 1. The van der Waals surface area contributed by atoms with Crippen molar-refractivity contribution >= 4 is 27.2 Å². The summed E-state index contributed by atoms with van der Waals surface area (Å²) in [6.07, 6.45) is 4.02. The Morgan fingerprint density at radius 1 is 1.31 bits per heavy atom. The Bertz CT molecular complexity index is 1070. The van der Waals surface area contributed by atoms with Gasteiger partial charge in [0.25, 0.3) is 0 Å². The standard InChI is InChI=1S/C16H15ClN4O4S/c1-16(2)11(15(23)19-20-16)14(22)9-5-6-10(26(3,24)25)13(12(9)17)21-8-4-7-18-21/h4-8,23H,1-3H3. The molecule has 0 atom stereocenters. The number of halogens is 1. The number of carbonyl (C=O) groups excluding carboxylic acids is 1. The third-order valence-corrected chi connectivity index (χ3v) is 5.42. The minimum Gasteiger partial charge on any atom is -0.492 e. The topological polar surface area (TPSA) is 114 Å². The maximum atomic E-state index is 13.0. The fourth-order valence-corrected chi connectivity index (χ4v) is 3.95. The summed E-state index contributed by atoms with van der Waals surface area (Å²) in [5, 5.41) is 21.3. The molecule has 0 fully saturated rings. The lowest BCUT2D eigenvalue weighted by molar-refractivity contribution is 0.101. The van der Waals surface area contributed by atoms with Crippen LogP contribution < -0.4 is 0 Å². The van der Waals surface area contributed by atoms with Gasteiger partial charge in [0.05, 0.1) is 15.5 Å². The normalized spacial score (nSPS) is 16.3. The van der Waals surface area contributed by atoms with Crippen molar-refractivity contribution in [1.82, 2.24) is 9.78 Å². The molecule has 10 heteroatoms. The smallest absolute Gasteiger partial charge is 0.240 e. The van der Waals surface area contributed by atoms with Crippen molar-refractivity contribution in [1.29, 1.82) is 0 Å². The number of rotatable bonds is 4. The number of sulfone groups is 1. The number of Topliss-reactive ketones (excluding diaryl/α,β-unsaturated/α-hetero) is 1. The molecule has 136 valence electrons. The fourth-order valence-electron chi connectivity index (χ4n) is 2.70. The van der Waals surface area contributed by atoms with E-state index in [4.69, 9.17) is 11.6 Å². The van der Waals surface area contributed by atoms with Gasteiger partial charge in [-0.1, -0.05) is 11.6 Å². The average molecular weight is 395 g/mol. The summed E-state index contributed by atoms with van der Waals surface area (Å²) in [4.78, 5) is 12.9. The molecule has 1 N–H and O–H groups in total. The zero-order valence-electron chi connectivity index (χ0n) is 14.1. The Morgan fingerprint density at radius 3 is 2.50 bits per heavy atom. The van der Waals surface area contributed by atoms with Crippen molar-refractivity contribution in [2.24, 2.45) is 10.2 Å². The summed E-state index contributed by atoms with van der Waals surface area (Å²) >= 11 is 6.41. The molecule has 0 radical (unpaired) electrons. The van der Waals surface area contributed by atoms with Crippen molar-refractivity contribution in [2.75, 3.05) is 6.26 Å². The van der Waals surface area contributed by atoms with Gasteiger partial charge < -0.3 is 5.11 Å². The van der Waals surface area contributed by atoms with Crippen LogP contribution in [0, 0.1) is 0 Å². The zero-order chi connectivity index (χ0) is 19.3. The van der Waals surface area contributed by atoms with Gasteiger partial charge in [0.1, 0.15) is 11.2 Å². The summed E-state index contributed by atoms with van der Waals surface area (Å²) < 4.78 is 25.5. The van der Waals surface area contributed by atoms with E-state index in [1.807, 2.05) is 0 Å². The minimum atomic E-state index is -3.63. The van der Waals surface area contributed by atoms with E-state index in [2.05, 4.69) is 15.3 Å². The highest BCUT2D eigenvalue weighted by Crippen LogP contribution is 2.37. The van der Waals surface area contributed by atoms with E-state index in [1.54, 1.807) is 19.9 Å². The van der Waals surface area contributed by atoms with Gasteiger partial charge in [-0.25, -0.2) is 13.1 Å². The molecule has 0 aliphatic carbocycles. The van der Waals surface area contributed by atoms with Crippen LogP contribution in [0.3, 0.4) is 0 Å². The monoisotopic (exact) mass is 394 g/mol. The maximum Gasteiger partial charge on any atom is 0.240 e. The number of aliphatic hydroxyl groups is 1. The van der Waals surface area contributed by atoms with E-state index in [-0.39, 0.29) is 26.7 Å². The van der Waals surface area contributed by atoms with Crippen LogP contribution in [0.25, 0.3) is 5.69 Å². The molecule has 1 aromatic heterocycles. The van der Waals surface area contributed by atoms with Gasteiger partial charge in [0.2, 0.25) is 5.88 Å². The van der Waals surface area contributed by atoms with Gasteiger partial charge in [-0.2, -0.15) is 10.2 Å². The van der Waals surface area contributed by atoms with Crippen molar-refractivity contribution < 1.29 is 18.3 Å². The number of azo groups is 1. The van der Waals surface area contributed by atoms with Gasteiger partial charge in [-0.05, 0) is 32.0 Å². The molecule has 2 heterocycles. The molecule has 0 spiro atoms. The molecule has 0 amide bonds. The molecule has 26 heavy (non-hydrogen) atoms. The lowest BCUT2D eigenvalue weighted by Gasteiger charge is -2.18. The molecule has 0 saturated heterocycles. The van der Waals surface area contributed by atoms with Crippen molar-refractivity contribution in [2.45, 2.75) is 24.3 Å². The molecular weight excluding hydrogens is 380 g/mol. The first-order chi connectivity index (χ1) is 12.0. The predicted molar refractivity (Wildman–Crippen MR) is 94.6 cm³/mol.